The smallest absolute Gasteiger partial charge is 0.341 e. The monoisotopic (exact) mass is 350 g/mol. The van der Waals surface area contributed by atoms with Gasteiger partial charge in [-0.3, -0.25) is 0 Å². The van der Waals surface area contributed by atoms with Gasteiger partial charge in [0.15, 0.2) is 0 Å². The molecular weight excluding hydrogens is 332 g/mol. The summed E-state index contributed by atoms with van der Waals surface area (Å²) in [5, 5.41) is -0.226. The number of hydrogen-bond acceptors (Lipinski definition) is 6. The molecule has 9 heteroatoms. The zero-order valence-electron chi connectivity index (χ0n) is 12.1. The highest BCUT2D eigenvalue weighted by molar-refractivity contribution is 7.89. The van der Waals surface area contributed by atoms with Gasteiger partial charge in [-0.25, -0.2) is 13.2 Å². The Hall–Kier alpha value is -1.09. The van der Waals surface area contributed by atoms with Crippen LogP contribution in [0.1, 0.15) is 23.2 Å². The molecule has 1 saturated heterocycles. The van der Waals surface area contributed by atoms with Gasteiger partial charge in [0.1, 0.15) is 6.26 Å². The molecular formula is C13H19ClN2O5S. The van der Waals surface area contributed by atoms with Crippen LogP contribution in [0.25, 0.3) is 0 Å². The summed E-state index contributed by atoms with van der Waals surface area (Å²) in [6, 6.07) is 1.27. The molecule has 2 heterocycles. The molecule has 0 bridgehead atoms. The van der Waals surface area contributed by atoms with Crippen LogP contribution in [0.4, 0.5) is 0 Å². The number of nitrogens with two attached hydrogens (primary N) is 1. The Morgan fingerprint density at radius 3 is 2.77 bits per heavy atom. The third kappa shape index (κ3) is 2.76. The van der Waals surface area contributed by atoms with Crippen molar-refractivity contribution < 1.29 is 22.4 Å². The number of hydrogen-bond donors (Lipinski definition) is 1. The normalized spacial score (nSPS) is 28.2. The first-order valence-corrected chi connectivity index (χ1v) is 8.30. The van der Waals surface area contributed by atoms with Gasteiger partial charge in [-0.2, -0.15) is 4.31 Å². The minimum absolute atomic E-state index is 0. The highest BCUT2D eigenvalue weighted by Crippen LogP contribution is 2.39. The fourth-order valence-corrected chi connectivity index (χ4v) is 4.72. The van der Waals surface area contributed by atoms with E-state index >= 15 is 0 Å². The summed E-state index contributed by atoms with van der Waals surface area (Å²) in [4.78, 5) is 11.4. The molecule has 2 N–H and O–H groups in total. The van der Waals surface area contributed by atoms with E-state index in [9.17, 15) is 13.2 Å². The van der Waals surface area contributed by atoms with Crippen molar-refractivity contribution >= 4 is 28.4 Å². The second-order valence-electron chi connectivity index (χ2n) is 5.63. The number of carbonyl (C=O) groups excluding carboxylic acids is 1. The number of furan rings is 1. The number of halogens is 1. The molecule has 0 aromatic carbocycles. The molecule has 1 aromatic rings. The summed E-state index contributed by atoms with van der Waals surface area (Å²) in [7, 11) is -2.49. The van der Waals surface area contributed by atoms with Crippen molar-refractivity contribution in [3.63, 3.8) is 0 Å². The quantitative estimate of drug-likeness (QED) is 0.810. The molecule has 2 fully saturated rings. The van der Waals surface area contributed by atoms with Gasteiger partial charge in [0.05, 0.1) is 12.7 Å². The highest BCUT2D eigenvalue weighted by Gasteiger charge is 2.45. The van der Waals surface area contributed by atoms with Crippen molar-refractivity contribution in [2.75, 3.05) is 20.2 Å². The van der Waals surface area contributed by atoms with Crippen molar-refractivity contribution in [2.24, 2.45) is 17.6 Å². The van der Waals surface area contributed by atoms with Crippen molar-refractivity contribution in [1.82, 2.24) is 4.31 Å². The predicted molar refractivity (Wildman–Crippen MR) is 80.2 cm³/mol. The first-order chi connectivity index (χ1) is 9.93. The molecule has 2 aliphatic rings. The highest BCUT2D eigenvalue weighted by atomic mass is 35.5. The molecule has 3 rings (SSSR count). The SMILES string of the molecule is COC(=O)c1coc(S(=O)(=O)N2CC3CCC(N)C3C2)c1.Cl. The van der Waals surface area contributed by atoms with Crippen LogP contribution >= 0.6 is 12.4 Å². The van der Waals surface area contributed by atoms with Crippen molar-refractivity contribution in [3.05, 3.63) is 17.9 Å². The maximum Gasteiger partial charge on any atom is 0.341 e. The Labute approximate surface area is 135 Å². The largest absolute Gasteiger partial charge is 0.465 e. The van der Waals surface area contributed by atoms with E-state index in [2.05, 4.69) is 4.74 Å². The van der Waals surface area contributed by atoms with Crippen LogP contribution < -0.4 is 5.73 Å². The van der Waals surface area contributed by atoms with Gasteiger partial charge in [-0.15, -0.1) is 12.4 Å². The lowest BCUT2D eigenvalue weighted by Crippen LogP contribution is -2.33. The number of methoxy groups -OCH3 is 1. The third-order valence-electron chi connectivity index (χ3n) is 4.47. The minimum Gasteiger partial charge on any atom is -0.465 e. The Bertz CT molecular complexity index is 659. The standard InChI is InChI=1S/C13H18N2O5S.ClH/c1-19-13(16)9-4-12(20-7-9)21(17,18)15-5-8-2-3-11(14)10(8)6-15;/h4,7-8,10-11H,2-3,5-6,14H2,1H3;1H. The van der Waals surface area contributed by atoms with E-state index < -0.39 is 16.0 Å². The molecule has 0 spiro atoms. The molecule has 3 atom stereocenters. The Morgan fingerprint density at radius 1 is 1.41 bits per heavy atom. The van der Waals surface area contributed by atoms with Gasteiger partial charge in [0.25, 0.3) is 10.0 Å². The van der Waals surface area contributed by atoms with Crippen LogP contribution in [0, 0.1) is 11.8 Å². The topological polar surface area (TPSA) is 103 Å². The Kier molecular flexibility index (Phi) is 4.86. The summed E-state index contributed by atoms with van der Waals surface area (Å²) in [6.07, 6.45) is 3.02. The molecule has 124 valence electrons. The van der Waals surface area contributed by atoms with E-state index in [4.69, 9.17) is 10.2 Å². The van der Waals surface area contributed by atoms with Gasteiger partial charge in [0.2, 0.25) is 5.09 Å². The summed E-state index contributed by atoms with van der Waals surface area (Å²) in [5.41, 5.74) is 6.11. The first kappa shape index (κ1) is 17.3. The van der Waals surface area contributed by atoms with Gasteiger partial charge in [-0.1, -0.05) is 0 Å². The van der Waals surface area contributed by atoms with Gasteiger partial charge >= 0.3 is 5.97 Å². The van der Waals surface area contributed by atoms with Crippen molar-refractivity contribution in [2.45, 2.75) is 24.0 Å². The van der Waals surface area contributed by atoms with Gasteiger partial charge < -0.3 is 14.9 Å². The van der Waals surface area contributed by atoms with Crippen LogP contribution in [0.2, 0.25) is 0 Å². The molecule has 1 aliphatic heterocycles. The summed E-state index contributed by atoms with van der Waals surface area (Å²) >= 11 is 0. The van der Waals surface area contributed by atoms with Crippen LogP contribution in [0.15, 0.2) is 21.8 Å². The zero-order chi connectivity index (χ0) is 15.2. The van der Waals surface area contributed by atoms with E-state index in [0.29, 0.717) is 19.0 Å². The number of fused-ring (bicyclic) bond motifs is 1. The molecule has 22 heavy (non-hydrogen) atoms. The number of sulfonamides is 1. The van der Waals surface area contributed by atoms with Gasteiger partial charge in [-0.05, 0) is 24.7 Å². The molecule has 1 aliphatic carbocycles. The van der Waals surface area contributed by atoms with E-state index in [1.54, 1.807) is 0 Å². The van der Waals surface area contributed by atoms with E-state index in [1.165, 1.54) is 17.5 Å². The molecule has 1 aromatic heterocycles. The third-order valence-corrected chi connectivity index (χ3v) is 6.17. The maximum atomic E-state index is 12.5. The minimum atomic E-state index is -3.72. The number of rotatable bonds is 3. The second kappa shape index (κ2) is 6.19. The maximum absolute atomic E-state index is 12.5. The number of esters is 1. The van der Waals surface area contributed by atoms with Crippen molar-refractivity contribution in [3.8, 4) is 0 Å². The van der Waals surface area contributed by atoms with Crippen molar-refractivity contribution in [1.29, 1.82) is 0 Å². The van der Waals surface area contributed by atoms with Gasteiger partial charge in [0, 0.05) is 25.2 Å². The lowest BCUT2D eigenvalue weighted by atomic mass is 9.98. The molecule has 3 unspecified atom stereocenters. The van der Waals surface area contributed by atoms with Crippen LogP contribution in [-0.2, 0) is 14.8 Å². The average Bonchev–Trinajstić information content (AvgIpc) is 3.15. The Morgan fingerprint density at radius 2 is 2.14 bits per heavy atom. The molecule has 0 radical (unpaired) electrons. The van der Waals surface area contributed by atoms with E-state index in [0.717, 1.165) is 19.1 Å². The van der Waals surface area contributed by atoms with E-state index in [-0.39, 0.29) is 35.0 Å². The van der Waals surface area contributed by atoms with Crippen LogP contribution in [0.3, 0.4) is 0 Å². The van der Waals surface area contributed by atoms with Crippen LogP contribution in [0.5, 0.6) is 0 Å². The lowest BCUT2D eigenvalue weighted by Gasteiger charge is -2.16. The lowest BCUT2D eigenvalue weighted by molar-refractivity contribution is 0.0600. The molecule has 0 amide bonds. The summed E-state index contributed by atoms with van der Waals surface area (Å²) in [6.45, 7) is 0.886. The summed E-state index contributed by atoms with van der Waals surface area (Å²) in [5.74, 6) is -0.0832. The summed E-state index contributed by atoms with van der Waals surface area (Å²) < 4.78 is 36.1. The second-order valence-corrected chi connectivity index (χ2v) is 7.50. The molecule has 7 nitrogen and oxygen atoms in total. The number of nitrogens with zero attached hydrogens (tertiary/aromatic N) is 1. The Balaban J connectivity index is 0.00000176. The fraction of sp³-hybridized carbons (Fsp3) is 0.615. The zero-order valence-corrected chi connectivity index (χ0v) is 13.7. The fourth-order valence-electron chi connectivity index (χ4n) is 3.27. The number of ether oxygens (including phenoxy) is 1. The van der Waals surface area contributed by atoms with Crippen LogP contribution in [-0.4, -0.2) is 44.9 Å². The van der Waals surface area contributed by atoms with E-state index in [1.807, 2.05) is 0 Å². The first-order valence-electron chi connectivity index (χ1n) is 6.86. The molecule has 1 saturated carbocycles. The average molecular weight is 351 g/mol. The predicted octanol–water partition coefficient (Wildman–Crippen LogP) is 0.846. The number of carbonyl (C=O) groups is 1.